The van der Waals surface area contributed by atoms with E-state index < -0.39 is 6.10 Å². The fourth-order valence-electron chi connectivity index (χ4n) is 3.81. The number of piperidine rings is 1. The van der Waals surface area contributed by atoms with Gasteiger partial charge in [-0.25, -0.2) is 0 Å². The van der Waals surface area contributed by atoms with Crippen LogP contribution < -0.4 is 11.1 Å². The van der Waals surface area contributed by atoms with E-state index in [1.54, 1.807) is 12.1 Å². The molecule has 1 aliphatic heterocycles. The summed E-state index contributed by atoms with van der Waals surface area (Å²) in [6.45, 7) is 2.27. The SMILES string of the molecule is NCc1ccccc1CC[C@H](O)CNC(=O)c1ccc(CC(=O)N2CCCCC2)nc1. The molecule has 0 saturated carbocycles. The zero-order valence-corrected chi connectivity index (χ0v) is 17.9. The molecule has 1 aromatic carbocycles. The van der Waals surface area contributed by atoms with Crippen LogP contribution in [0.4, 0.5) is 0 Å². The Bertz CT molecular complexity index is 863. The van der Waals surface area contributed by atoms with Gasteiger partial charge in [-0.1, -0.05) is 24.3 Å². The molecule has 1 fully saturated rings. The van der Waals surface area contributed by atoms with Gasteiger partial charge in [-0.3, -0.25) is 14.6 Å². The van der Waals surface area contributed by atoms with Gasteiger partial charge in [0.2, 0.25) is 5.91 Å². The first-order valence-corrected chi connectivity index (χ1v) is 11.0. The number of hydrogen-bond acceptors (Lipinski definition) is 5. The number of amides is 2. The third kappa shape index (κ3) is 6.87. The average Bonchev–Trinajstić information content (AvgIpc) is 2.82. The van der Waals surface area contributed by atoms with Gasteiger partial charge in [0.25, 0.3) is 5.91 Å². The van der Waals surface area contributed by atoms with Crippen molar-refractivity contribution in [1.29, 1.82) is 0 Å². The molecule has 3 rings (SSSR count). The van der Waals surface area contributed by atoms with E-state index >= 15 is 0 Å². The highest BCUT2D eigenvalue weighted by Gasteiger charge is 2.17. The summed E-state index contributed by atoms with van der Waals surface area (Å²) in [4.78, 5) is 30.9. The maximum Gasteiger partial charge on any atom is 0.252 e. The van der Waals surface area contributed by atoms with E-state index in [9.17, 15) is 14.7 Å². The predicted octanol–water partition coefficient (Wildman–Crippen LogP) is 1.82. The molecule has 0 radical (unpaired) electrons. The minimum absolute atomic E-state index is 0.0868. The molecule has 0 aliphatic carbocycles. The summed E-state index contributed by atoms with van der Waals surface area (Å²) in [5.74, 6) is -0.202. The fourth-order valence-corrected chi connectivity index (χ4v) is 3.81. The predicted molar refractivity (Wildman–Crippen MR) is 119 cm³/mol. The van der Waals surface area contributed by atoms with Crippen LogP contribution in [0.25, 0.3) is 0 Å². The minimum atomic E-state index is -0.649. The number of rotatable bonds is 9. The van der Waals surface area contributed by atoms with Gasteiger partial charge >= 0.3 is 0 Å². The largest absolute Gasteiger partial charge is 0.391 e. The third-order valence-corrected chi connectivity index (χ3v) is 5.71. The van der Waals surface area contributed by atoms with Crippen LogP contribution in [0, 0.1) is 0 Å². The molecule has 31 heavy (non-hydrogen) atoms. The van der Waals surface area contributed by atoms with Gasteiger partial charge in [-0.2, -0.15) is 0 Å². The van der Waals surface area contributed by atoms with Crippen LogP contribution in [0.15, 0.2) is 42.6 Å². The van der Waals surface area contributed by atoms with E-state index in [0.29, 0.717) is 30.6 Å². The first-order chi connectivity index (χ1) is 15.1. The molecule has 2 amide bonds. The zero-order chi connectivity index (χ0) is 22.1. The Morgan fingerprint density at radius 1 is 1.10 bits per heavy atom. The molecule has 4 N–H and O–H groups in total. The smallest absolute Gasteiger partial charge is 0.252 e. The number of hydrogen-bond donors (Lipinski definition) is 3. The molecule has 1 aliphatic rings. The zero-order valence-electron chi connectivity index (χ0n) is 17.9. The van der Waals surface area contributed by atoms with Crippen LogP contribution in [-0.2, 0) is 24.2 Å². The van der Waals surface area contributed by atoms with Crippen molar-refractivity contribution in [2.24, 2.45) is 5.73 Å². The van der Waals surface area contributed by atoms with Crippen LogP contribution in [0.1, 0.15) is 52.9 Å². The number of carbonyl (C=O) groups is 2. The maximum atomic E-state index is 12.4. The van der Waals surface area contributed by atoms with Crippen LogP contribution >= 0.6 is 0 Å². The highest BCUT2D eigenvalue weighted by atomic mass is 16.3. The molecule has 1 atom stereocenters. The molecule has 2 heterocycles. The summed E-state index contributed by atoms with van der Waals surface area (Å²) in [5, 5.41) is 13.0. The molecule has 2 aromatic rings. The number of carbonyl (C=O) groups excluding carboxylic acids is 2. The second-order valence-corrected chi connectivity index (χ2v) is 8.03. The summed E-state index contributed by atoms with van der Waals surface area (Å²) in [6.07, 6.45) is 5.63. The van der Waals surface area contributed by atoms with E-state index in [1.165, 1.54) is 12.6 Å². The number of aromatic nitrogens is 1. The molecular formula is C24H32N4O3. The van der Waals surface area contributed by atoms with E-state index in [4.69, 9.17) is 5.73 Å². The monoisotopic (exact) mass is 424 g/mol. The van der Waals surface area contributed by atoms with Crippen molar-refractivity contribution in [3.8, 4) is 0 Å². The Labute approximate surface area is 183 Å². The van der Waals surface area contributed by atoms with E-state index in [-0.39, 0.29) is 24.8 Å². The van der Waals surface area contributed by atoms with Crippen molar-refractivity contribution in [2.75, 3.05) is 19.6 Å². The summed E-state index contributed by atoms with van der Waals surface area (Å²) in [6, 6.07) is 11.3. The highest BCUT2D eigenvalue weighted by molar-refractivity contribution is 5.93. The fraction of sp³-hybridized carbons (Fsp3) is 0.458. The van der Waals surface area contributed by atoms with Crippen molar-refractivity contribution < 1.29 is 14.7 Å². The second kappa shape index (κ2) is 11.6. The number of aliphatic hydroxyl groups is 1. The Morgan fingerprint density at radius 3 is 2.52 bits per heavy atom. The number of nitrogens with zero attached hydrogens (tertiary/aromatic N) is 2. The minimum Gasteiger partial charge on any atom is -0.391 e. The maximum absolute atomic E-state index is 12.4. The first-order valence-electron chi connectivity index (χ1n) is 11.0. The lowest BCUT2D eigenvalue weighted by Crippen LogP contribution is -2.36. The highest BCUT2D eigenvalue weighted by Crippen LogP contribution is 2.12. The van der Waals surface area contributed by atoms with Gasteiger partial charge in [0.05, 0.1) is 18.1 Å². The first kappa shape index (κ1) is 22.9. The van der Waals surface area contributed by atoms with Gasteiger partial charge in [0.15, 0.2) is 0 Å². The summed E-state index contributed by atoms with van der Waals surface area (Å²) >= 11 is 0. The summed E-state index contributed by atoms with van der Waals surface area (Å²) in [5.41, 5.74) is 9.01. The van der Waals surface area contributed by atoms with Crippen LogP contribution in [-0.4, -0.2) is 52.5 Å². The standard InChI is InChI=1S/C24H32N4O3/c25-15-19-7-3-2-6-18(19)9-11-22(29)17-27-24(31)20-8-10-21(26-16-20)14-23(30)28-12-4-1-5-13-28/h2-3,6-8,10,16,22,29H,1,4-5,9,11-15,17,25H2,(H,27,31)/t22-/m0/s1. The number of nitrogens with one attached hydrogen (secondary N) is 1. The third-order valence-electron chi connectivity index (χ3n) is 5.71. The Balaban J connectivity index is 1.43. The number of pyridine rings is 1. The average molecular weight is 425 g/mol. The van der Waals surface area contributed by atoms with Crippen LogP contribution in [0.5, 0.6) is 0 Å². The van der Waals surface area contributed by atoms with Gasteiger partial charge in [-0.15, -0.1) is 0 Å². The van der Waals surface area contributed by atoms with E-state index in [2.05, 4.69) is 10.3 Å². The number of aryl methyl sites for hydroxylation is 1. The summed E-state index contributed by atoms with van der Waals surface area (Å²) in [7, 11) is 0. The van der Waals surface area contributed by atoms with Crippen molar-refractivity contribution >= 4 is 11.8 Å². The lowest BCUT2D eigenvalue weighted by Gasteiger charge is -2.26. The molecule has 0 spiro atoms. The molecule has 0 bridgehead atoms. The van der Waals surface area contributed by atoms with Crippen molar-refractivity contribution in [3.63, 3.8) is 0 Å². The Morgan fingerprint density at radius 2 is 1.84 bits per heavy atom. The molecule has 7 nitrogen and oxygen atoms in total. The van der Waals surface area contributed by atoms with Crippen molar-refractivity contribution in [3.05, 3.63) is 65.0 Å². The summed E-state index contributed by atoms with van der Waals surface area (Å²) < 4.78 is 0. The van der Waals surface area contributed by atoms with Gasteiger partial charge in [0, 0.05) is 38.1 Å². The lowest BCUT2D eigenvalue weighted by molar-refractivity contribution is -0.131. The molecule has 1 aromatic heterocycles. The molecule has 166 valence electrons. The topological polar surface area (TPSA) is 109 Å². The number of nitrogens with two attached hydrogens (primary N) is 1. The van der Waals surface area contributed by atoms with Gasteiger partial charge in [-0.05, 0) is 55.4 Å². The molecule has 0 unspecified atom stereocenters. The second-order valence-electron chi connectivity index (χ2n) is 8.03. The lowest BCUT2D eigenvalue weighted by atomic mass is 10.0. The number of benzene rings is 1. The Hall–Kier alpha value is -2.77. The molecule has 7 heteroatoms. The van der Waals surface area contributed by atoms with Crippen LogP contribution in [0.3, 0.4) is 0 Å². The number of aliphatic hydroxyl groups excluding tert-OH is 1. The Kier molecular flexibility index (Phi) is 8.55. The van der Waals surface area contributed by atoms with Gasteiger partial charge in [0.1, 0.15) is 0 Å². The van der Waals surface area contributed by atoms with Crippen LogP contribution in [0.2, 0.25) is 0 Å². The van der Waals surface area contributed by atoms with Crippen molar-refractivity contribution in [2.45, 2.75) is 51.2 Å². The molecule has 1 saturated heterocycles. The van der Waals surface area contributed by atoms with E-state index in [0.717, 1.165) is 37.1 Å². The van der Waals surface area contributed by atoms with Gasteiger partial charge < -0.3 is 21.1 Å². The van der Waals surface area contributed by atoms with E-state index in [1.807, 2.05) is 29.2 Å². The van der Waals surface area contributed by atoms with Crippen molar-refractivity contribution in [1.82, 2.24) is 15.2 Å². The normalized spacial score (nSPS) is 14.8. The quantitative estimate of drug-likeness (QED) is 0.569. The molecular weight excluding hydrogens is 392 g/mol. The number of likely N-dealkylation sites (tertiary alicyclic amines) is 1.